The second-order valence-corrected chi connectivity index (χ2v) is 5.58. The van der Waals surface area contributed by atoms with Crippen molar-refractivity contribution in [3.8, 4) is 0 Å². The van der Waals surface area contributed by atoms with E-state index in [1.807, 2.05) is 18.2 Å². The van der Waals surface area contributed by atoms with Gasteiger partial charge in [-0.1, -0.05) is 0 Å². The van der Waals surface area contributed by atoms with Crippen molar-refractivity contribution in [2.45, 2.75) is 19.3 Å². The van der Waals surface area contributed by atoms with Crippen LogP contribution in [0.3, 0.4) is 0 Å². The van der Waals surface area contributed by atoms with E-state index in [1.165, 1.54) is 5.56 Å². The zero-order valence-corrected chi connectivity index (χ0v) is 11.3. The summed E-state index contributed by atoms with van der Waals surface area (Å²) in [4.78, 5) is 24.6. The number of carbonyl (C=O) groups is 2. The smallest absolute Gasteiger partial charge is 0.303 e. The van der Waals surface area contributed by atoms with Crippen LogP contribution in [0, 0.1) is 5.92 Å². The van der Waals surface area contributed by atoms with E-state index < -0.39 is 5.97 Å². The summed E-state index contributed by atoms with van der Waals surface area (Å²) in [6.45, 7) is 2.10. The highest BCUT2D eigenvalue weighted by atomic mass is 16.4. The molecule has 106 valence electrons. The van der Waals surface area contributed by atoms with Gasteiger partial charge in [-0.05, 0) is 36.6 Å². The number of anilines is 1. The molecule has 0 radical (unpaired) electrons. The molecule has 0 unspecified atom stereocenters. The molecule has 5 nitrogen and oxygen atoms in total. The number of carbonyl (C=O) groups excluding carboxylic acids is 1. The van der Waals surface area contributed by atoms with Gasteiger partial charge in [-0.2, -0.15) is 0 Å². The lowest BCUT2D eigenvalue weighted by Gasteiger charge is -2.38. The molecule has 2 aliphatic heterocycles. The first kappa shape index (κ1) is 13.0. The lowest BCUT2D eigenvalue weighted by Crippen LogP contribution is -2.50. The Labute approximate surface area is 117 Å². The van der Waals surface area contributed by atoms with Crippen molar-refractivity contribution >= 4 is 17.6 Å². The fourth-order valence-corrected chi connectivity index (χ4v) is 2.90. The van der Waals surface area contributed by atoms with Gasteiger partial charge in [0, 0.05) is 36.8 Å². The number of nitrogens with zero attached hydrogens (tertiary/aromatic N) is 1. The van der Waals surface area contributed by atoms with Gasteiger partial charge in [0.15, 0.2) is 0 Å². The van der Waals surface area contributed by atoms with Crippen LogP contribution in [0.2, 0.25) is 0 Å². The van der Waals surface area contributed by atoms with E-state index in [2.05, 4.69) is 5.32 Å². The molecule has 1 aromatic carbocycles. The maximum atomic E-state index is 12.3. The topological polar surface area (TPSA) is 69.6 Å². The van der Waals surface area contributed by atoms with Crippen molar-refractivity contribution in [1.82, 2.24) is 4.90 Å². The summed E-state index contributed by atoms with van der Waals surface area (Å²) in [5.74, 6) is -0.669. The molecule has 1 amide bonds. The Morgan fingerprint density at radius 3 is 2.90 bits per heavy atom. The summed E-state index contributed by atoms with van der Waals surface area (Å²) in [6.07, 6.45) is 2.25. The van der Waals surface area contributed by atoms with Crippen molar-refractivity contribution in [2.75, 3.05) is 25.0 Å². The molecular formula is C15H18N2O3. The number of aryl methyl sites for hydroxylation is 1. The van der Waals surface area contributed by atoms with Gasteiger partial charge in [-0.3, -0.25) is 9.59 Å². The monoisotopic (exact) mass is 274 g/mol. The number of carboxylic acids is 1. The zero-order valence-electron chi connectivity index (χ0n) is 11.3. The highest BCUT2D eigenvalue weighted by Gasteiger charge is 2.32. The van der Waals surface area contributed by atoms with Crippen LogP contribution in [-0.2, 0) is 11.2 Å². The minimum Gasteiger partial charge on any atom is -0.481 e. The lowest BCUT2D eigenvalue weighted by molar-refractivity contribution is -0.139. The first-order valence-electron chi connectivity index (χ1n) is 7.01. The fraction of sp³-hybridized carbons (Fsp3) is 0.467. The van der Waals surface area contributed by atoms with E-state index in [0.29, 0.717) is 18.7 Å². The third kappa shape index (κ3) is 2.48. The molecule has 20 heavy (non-hydrogen) atoms. The highest BCUT2D eigenvalue weighted by Crippen LogP contribution is 2.26. The minimum atomic E-state index is -0.790. The molecule has 0 saturated carbocycles. The molecule has 1 fully saturated rings. The van der Waals surface area contributed by atoms with Crippen LogP contribution in [0.25, 0.3) is 0 Å². The van der Waals surface area contributed by atoms with Crippen molar-refractivity contribution in [2.24, 2.45) is 5.92 Å². The van der Waals surface area contributed by atoms with Crippen molar-refractivity contribution in [3.05, 3.63) is 29.3 Å². The normalized spacial score (nSPS) is 17.9. The fourth-order valence-electron chi connectivity index (χ4n) is 2.90. The summed E-state index contributed by atoms with van der Waals surface area (Å²) in [5, 5.41) is 12.0. The number of fused-ring (bicyclic) bond motifs is 1. The average molecular weight is 274 g/mol. The molecule has 0 aromatic heterocycles. The van der Waals surface area contributed by atoms with Crippen molar-refractivity contribution in [1.29, 1.82) is 0 Å². The van der Waals surface area contributed by atoms with Gasteiger partial charge >= 0.3 is 5.97 Å². The number of aliphatic carboxylic acids is 1. The van der Waals surface area contributed by atoms with E-state index in [1.54, 1.807) is 4.90 Å². The largest absolute Gasteiger partial charge is 0.481 e. The summed E-state index contributed by atoms with van der Waals surface area (Å²) >= 11 is 0. The van der Waals surface area contributed by atoms with E-state index in [9.17, 15) is 9.59 Å². The number of likely N-dealkylation sites (tertiary alicyclic amines) is 1. The Bertz CT molecular complexity index is 550. The Balaban J connectivity index is 1.65. The molecule has 0 aliphatic carbocycles. The SMILES string of the molecule is O=C(O)CC1CN(C(=O)c2ccc3c(c2)CCCN3)C1. The number of amides is 1. The van der Waals surface area contributed by atoms with E-state index in [4.69, 9.17) is 5.11 Å². The number of nitrogens with one attached hydrogen (secondary N) is 1. The third-order valence-corrected chi connectivity index (χ3v) is 4.00. The summed E-state index contributed by atoms with van der Waals surface area (Å²) in [6, 6.07) is 5.79. The summed E-state index contributed by atoms with van der Waals surface area (Å²) < 4.78 is 0. The second kappa shape index (κ2) is 5.15. The second-order valence-electron chi connectivity index (χ2n) is 5.58. The zero-order chi connectivity index (χ0) is 14.1. The third-order valence-electron chi connectivity index (χ3n) is 4.00. The van der Waals surface area contributed by atoms with Crippen LogP contribution in [0.1, 0.15) is 28.8 Å². The van der Waals surface area contributed by atoms with Crippen LogP contribution in [0.4, 0.5) is 5.69 Å². The molecule has 0 bridgehead atoms. The predicted octanol–water partition coefficient (Wildman–Crippen LogP) is 1.59. The summed E-state index contributed by atoms with van der Waals surface area (Å²) in [7, 11) is 0. The van der Waals surface area contributed by atoms with Gasteiger partial charge in [-0.25, -0.2) is 0 Å². The Morgan fingerprint density at radius 2 is 2.15 bits per heavy atom. The van der Waals surface area contributed by atoms with Crippen molar-refractivity contribution in [3.63, 3.8) is 0 Å². The predicted molar refractivity (Wildman–Crippen MR) is 74.9 cm³/mol. The Hall–Kier alpha value is -2.04. The van der Waals surface area contributed by atoms with Crippen LogP contribution in [0.5, 0.6) is 0 Å². The first-order valence-corrected chi connectivity index (χ1v) is 7.01. The highest BCUT2D eigenvalue weighted by molar-refractivity contribution is 5.95. The molecule has 0 spiro atoms. The van der Waals surface area contributed by atoms with Crippen LogP contribution < -0.4 is 5.32 Å². The lowest BCUT2D eigenvalue weighted by atomic mass is 9.94. The maximum absolute atomic E-state index is 12.3. The summed E-state index contributed by atoms with van der Waals surface area (Å²) in [5.41, 5.74) is 3.03. The quantitative estimate of drug-likeness (QED) is 0.878. The number of hydrogen-bond donors (Lipinski definition) is 2. The van der Waals surface area contributed by atoms with Gasteiger partial charge in [0.2, 0.25) is 0 Å². The van der Waals surface area contributed by atoms with Crippen LogP contribution in [-0.4, -0.2) is 41.5 Å². The van der Waals surface area contributed by atoms with E-state index >= 15 is 0 Å². The van der Waals surface area contributed by atoms with Crippen LogP contribution >= 0.6 is 0 Å². The first-order chi connectivity index (χ1) is 9.63. The molecule has 2 N–H and O–H groups in total. The molecule has 1 saturated heterocycles. The van der Waals surface area contributed by atoms with Crippen molar-refractivity contribution < 1.29 is 14.7 Å². The van der Waals surface area contributed by atoms with Gasteiger partial charge in [0.25, 0.3) is 5.91 Å². The van der Waals surface area contributed by atoms with Gasteiger partial charge in [-0.15, -0.1) is 0 Å². The van der Waals surface area contributed by atoms with E-state index in [-0.39, 0.29) is 18.2 Å². The molecule has 2 aliphatic rings. The van der Waals surface area contributed by atoms with Gasteiger partial charge in [0.1, 0.15) is 0 Å². The minimum absolute atomic E-state index is 0.0139. The average Bonchev–Trinajstić information content (AvgIpc) is 2.41. The number of carboxylic acid groups (broad SMARTS) is 1. The standard InChI is InChI=1S/C15H18N2O3/c18-14(19)6-10-8-17(9-10)15(20)12-3-4-13-11(7-12)2-1-5-16-13/h3-4,7,10,16H,1-2,5-6,8-9H2,(H,18,19). The van der Waals surface area contributed by atoms with Gasteiger partial charge < -0.3 is 15.3 Å². The molecular weight excluding hydrogens is 256 g/mol. The Kier molecular flexibility index (Phi) is 3.34. The number of hydrogen-bond acceptors (Lipinski definition) is 3. The maximum Gasteiger partial charge on any atom is 0.303 e. The van der Waals surface area contributed by atoms with Crippen LogP contribution in [0.15, 0.2) is 18.2 Å². The molecule has 1 aromatic rings. The van der Waals surface area contributed by atoms with E-state index in [0.717, 1.165) is 25.1 Å². The molecule has 3 rings (SSSR count). The molecule has 5 heteroatoms. The molecule has 0 atom stereocenters. The van der Waals surface area contributed by atoms with Gasteiger partial charge in [0.05, 0.1) is 6.42 Å². The molecule has 2 heterocycles. The number of benzene rings is 1. The Morgan fingerprint density at radius 1 is 1.35 bits per heavy atom. The number of rotatable bonds is 3.